The molecule has 0 bridgehead atoms. The molecular formula is C31H40Br2N6O4S. The number of carboxylic acid groups (broad SMARTS) is 1. The van der Waals surface area contributed by atoms with Crippen LogP contribution in [0.5, 0.6) is 0 Å². The van der Waals surface area contributed by atoms with Crippen molar-refractivity contribution in [2.24, 2.45) is 0 Å². The van der Waals surface area contributed by atoms with Gasteiger partial charge >= 0.3 is 6.03 Å². The molecule has 1 aromatic carbocycles. The lowest BCUT2D eigenvalue weighted by atomic mass is 9.82. The van der Waals surface area contributed by atoms with E-state index >= 15 is 0 Å². The second-order valence-corrected chi connectivity index (χ2v) is 15.4. The number of nitrogens with zero attached hydrogens (tertiary/aromatic N) is 5. The predicted molar refractivity (Wildman–Crippen MR) is 175 cm³/mol. The second-order valence-electron chi connectivity index (χ2n) is 12.7. The Morgan fingerprint density at radius 3 is 2.52 bits per heavy atom. The van der Waals surface area contributed by atoms with Gasteiger partial charge in [0.05, 0.1) is 25.2 Å². The van der Waals surface area contributed by atoms with Crippen LogP contribution < -0.4 is 10.4 Å². The maximum atomic E-state index is 13.6. The van der Waals surface area contributed by atoms with Gasteiger partial charge in [0.25, 0.3) is 6.09 Å². The highest BCUT2D eigenvalue weighted by molar-refractivity contribution is 9.13. The van der Waals surface area contributed by atoms with E-state index in [4.69, 9.17) is 0 Å². The highest BCUT2D eigenvalue weighted by Gasteiger charge is 2.61. The molecule has 4 aliphatic heterocycles. The fourth-order valence-electron chi connectivity index (χ4n) is 8.07. The van der Waals surface area contributed by atoms with Gasteiger partial charge in [0, 0.05) is 70.5 Å². The number of thiophene rings is 1. The van der Waals surface area contributed by atoms with Crippen LogP contribution in [0.2, 0.25) is 0 Å². The number of piperidine rings is 2. The summed E-state index contributed by atoms with van der Waals surface area (Å²) in [5.41, 5.74) is 0.622. The summed E-state index contributed by atoms with van der Waals surface area (Å²) in [6, 6.07) is 7.84. The topological polar surface area (TPSA) is 99.3 Å². The zero-order chi connectivity index (χ0) is 31.1. The first kappa shape index (κ1) is 32.1. The number of aldehydes is 1. The van der Waals surface area contributed by atoms with Crippen molar-refractivity contribution in [3.05, 3.63) is 49.0 Å². The highest BCUT2D eigenvalue weighted by Crippen LogP contribution is 2.46. The van der Waals surface area contributed by atoms with E-state index in [-0.39, 0.29) is 36.1 Å². The number of hydrogen-bond donors (Lipinski definition) is 1. The van der Waals surface area contributed by atoms with E-state index in [1.807, 2.05) is 34.5 Å². The van der Waals surface area contributed by atoms with Gasteiger partial charge in [0.1, 0.15) is 12.8 Å². The Kier molecular flexibility index (Phi) is 9.55. The monoisotopic (exact) mass is 750 g/mol. The molecule has 3 saturated heterocycles. The maximum absolute atomic E-state index is 13.6. The average molecular weight is 753 g/mol. The normalized spacial score (nSPS) is 29.3. The van der Waals surface area contributed by atoms with Gasteiger partial charge in [0.15, 0.2) is 5.66 Å². The summed E-state index contributed by atoms with van der Waals surface area (Å²) in [6.07, 6.45) is 2.88. The lowest BCUT2D eigenvalue weighted by Crippen LogP contribution is -2.81. The van der Waals surface area contributed by atoms with Crippen molar-refractivity contribution < 1.29 is 24.0 Å². The fourth-order valence-corrected chi connectivity index (χ4v) is 9.57. The molecule has 1 N–H and O–H groups in total. The van der Waals surface area contributed by atoms with Crippen LogP contribution in [-0.2, 0) is 17.9 Å². The van der Waals surface area contributed by atoms with Crippen LogP contribution in [0.1, 0.15) is 42.5 Å². The van der Waals surface area contributed by atoms with E-state index in [0.717, 1.165) is 70.4 Å². The van der Waals surface area contributed by atoms with Crippen LogP contribution in [0.4, 0.5) is 15.3 Å². The number of piperazine rings is 1. The third-order valence-corrected chi connectivity index (χ3v) is 13.3. The molecule has 238 valence electrons. The van der Waals surface area contributed by atoms with E-state index in [0.29, 0.717) is 38.5 Å². The molecule has 13 heteroatoms. The Morgan fingerprint density at radius 2 is 1.84 bits per heavy atom. The van der Waals surface area contributed by atoms with Crippen molar-refractivity contribution in [3.63, 3.8) is 0 Å². The molecule has 2 aromatic rings. The van der Waals surface area contributed by atoms with Gasteiger partial charge < -0.3 is 29.8 Å². The van der Waals surface area contributed by atoms with Gasteiger partial charge in [-0.25, -0.2) is 9.69 Å². The van der Waals surface area contributed by atoms with Crippen molar-refractivity contribution in [3.8, 4) is 0 Å². The van der Waals surface area contributed by atoms with Crippen molar-refractivity contribution in [1.82, 2.24) is 19.6 Å². The smallest absolute Gasteiger partial charge is 0.322 e. The number of benzene rings is 1. The van der Waals surface area contributed by atoms with Crippen LogP contribution in [0.15, 0.2) is 38.6 Å². The summed E-state index contributed by atoms with van der Waals surface area (Å²) in [5, 5.41) is 18.6. The average Bonchev–Trinajstić information content (AvgIpc) is 3.47. The minimum atomic E-state index is -1.18. The van der Waals surface area contributed by atoms with E-state index in [1.165, 1.54) is 0 Å². The number of fused-ring (bicyclic) bond motifs is 1. The Hall–Kier alpha value is -1.87. The van der Waals surface area contributed by atoms with Crippen LogP contribution >= 0.6 is 43.2 Å². The number of anilines is 1. The number of likely N-dealkylation sites (tertiary alicyclic amines) is 2. The standard InChI is InChI=1S/C31H40Br2N6O4S/c1-35-9-4-23(5-10-35)36-11-13-37(14-12-36)31(8-16-40)19-24(38-20-28-27(7-17-44-28)34-29(38)41)6-15-39(31,30(42)43)21-22-2-3-25(32)26(33)18-22/h2-3,7,16-18,23-24H,4-6,8-15,19-21H2,1H3,(H-,34,41,42,43)/t24?,31?,39-/m0/s1. The zero-order valence-electron chi connectivity index (χ0n) is 25.1. The lowest BCUT2D eigenvalue weighted by Gasteiger charge is -2.62. The van der Waals surface area contributed by atoms with Crippen LogP contribution in [-0.4, -0.2) is 113 Å². The molecule has 3 amide bonds. The third kappa shape index (κ3) is 5.89. The number of urea groups is 1. The first-order valence-electron chi connectivity index (χ1n) is 15.4. The summed E-state index contributed by atoms with van der Waals surface area (Å²) in [6.45, 7) is 6.04. The van der Waals surface area contributed by atoms with Gasteiger partial charge in [-0.05, 0) is 88.4 Å². The first-order valence-corrected chi connectivity index (χ1v) is 17.9. The van der Waals surface area contributed by atoms with Crippen LogP contribution in [0, 0.1) is 0 Å². The molecule has 44 heavy (non-hydrogen) atoms. The number of hydrogen-bond acceptors (Lipinski definition) is 8. The minimum Gasteiger partial charge on any atom is -0.498 e. The molecule has 0 radical (unpaired) electrons. The molecule has 0 aliphatic carbocycles. The number of amides is 3. The first-order chi connectivity index (χ1) is 21.2. The van der Waals surface area contributed by atoms with Gasteiger partial charge in [-0.2, -0.15) is 0 Å². The largest absolute Gasteiger partial charge is 0.498 e. The molecule has 3 fully saturated rings. The van der Waals surface area contributed by atoms with Gasteiger partial charge in [-0.15, -0.1) is 11.3 Å². The SMILES string of the molecule is CN1CCC(N2CCN(C3(CC=O)CC(N4Cc5sccc5NC4=O)CC[N@+]3(Cc3ccc(Br)c(Br)c3)C(=O)[O-])CC2)CC1. The second kappa shape index (κ2) is 13.1. The summed E-state index contributed by atoms with van der Waals surface area (Å²) >= 11 is 8.72. The molecule has 1 aromatic heterocycles. The van der Waals surface area contributed by atoms with E-state index < -0.39 is 11.8 Å². The molecule has 2 unspecified atom stereocenters. The predicted octanol–water partition coefficient (Wildman–Crippen LogP) is 4.14. The summed E-state index contributed by atoms with van der Waals surface area (Å²) in [5.74, 6) is 0. The number of carbonyl (C=O) groups is 3. The number of halogens is 2. The van der Waals surface area contributed by atoms with Gasteiger partial charge in [-0.1, -0.05) is 6.07 Å². The van der Waals surface area contributed by atoms with Gasteiger partial charge in [0.2, 0.25) is 0 Å². The van der Waals surface area contributed by atoms with E-state index in [1.54, 1.807) is 11.3 Å². The Bertz CT molecular complexity index is 1390. The molecule has 0 saturated carbocycles. The Morgan fingerprint density at radius 1 is 1.09 bits per heavy atom. The quantitative estimate of drug-likeness (QED) is 0.336. The highest BCUT2D eigenvalue weighted by atomic mass is 79.9. The van der Waals surface area contributed by atoms with E-state index in [2.05, 4.69) is 58.9 Å². The molecule has 6 rings (SSSR count). The van der Waals surface area contributed by atoms with Crippen molar-refractivity contribution in [1.29, 1.82) is 0 Å². The van der Waals surface area contributed by atoms with Crippen LogP contribution in [0.25, 0.3) is 0 Å². The lowest BCUT2D eigenvalue weighted by molar-refractivity contribution is -0.956. The Labute approximate surface area is 279 Å². The third-order valence-electron chi connectivity index (χ3n) is 10.5. The molecule has 0 spiro atoms. The number of rotatable bonds is 7. The number of carbonyl (C=O) groups excluding carboxylic acids is 3. The zero-order valence-corrected chi connectivity index (χ0v) is 29.0. The van der Waals surface area contributed by atoms with Crippen molar-refractivity contribution in [2.75, 3.05) is 58.2 Å². The number of nitrogens with one attached hydrogen (secondary N) is 1. The summed E-state index contributed by atoms with van der Waals surface area (Å²) in [7, 11) is 2.17. The van der Waals surface area contributed by atoms with Gasteiger partial charge in [-0.3, -0.25) is 9.38 Å². The maximum Gasteiger partial charge on any atom is 0.322 e. The Balaban J connectivity index is 1.35. The van der Waals surface area contributed by atoms with E-state index in [9.17, 15) is 19.5 Å². The summed E-state index contributed by atoms with van der Waals surface area (Å²) in [4.78, 5) is 49.7. The molecule has 4 aliphatic rings. The van der Waals surface area contributed by atoms with Crippen molar-refractivity contribution in [2.45, 2.75) is 62.9 Å². The van der Waals surface area contributed by atoms with Crippen molar-refractivity contribution >= 4 is 67.3 Å². The molecule has 5 heterocycles. The summed E-state index contributed by atoms with van der Waals surface area (Å²) < 4.78 is 1.35. The van der Waals surface area contributed by atoms with Crippen LogP contribution in [0.3, 0.4) is 0 Å². The molecule has 3 atom stereocenters. The fraction of sp³-hybridized carbons (Fsp3) is 0.581. The minimum absolute atomic E-state index is 0.0448. The number of quaternary nitrogens is 1. The molecule has 10 nitrogen and oxygen atoms in total. The molecular weight excluding hydrogens is 712 g/mol.